The van der Waals surface area contributed by atoms with Crippen LogP contribution in [0.2, 0.25) is 0 Å². The lowest BCUT2D eigenvalue weighted by atomic mass is 9.96. The molecule has 2 aromatic rings. The SMILES string of the molecule is CCCc1ccc(C(NCC)c2cccnc2C)cc1. The molecule has 0 aliphatic carbocycles. The van der Waals surface area contributed by atoms with Gasteiger partial charge < -0.3 is 5.32 Å². The van der Waals surface area contributed by atoms with Gasteiger partial charge in [-0.1, -0.05) is 50.6 Å². The van der Waals surface area contributed by atoms with Gasteiger partial charge in [0.2, 0.25) is 0 Å². The molecular weight excluding hydrogens is 244 g/mol. The number of nitrogens with one attached hydrogen (secondary N) is 1. The molecule has 106 valence electrons. The Hall–Kier alpha value is -1.67. The summed E-state index contributed by atoms with van der Waals surface area (Å²) in [5, 5.41) is 3.57. The van der Waals surface area contributed by atoms with Gasteiger partial charge in [0, 0.05) is 11.9 Å². The molecule has 0 saturated heterocycles. The molecule has 0 aliphatic rings. The van der Waals surface area contributed by atoms with Crippen molar-refractivity contribution in [2.75, 3.05) is 6.54 Å². The Kier molecular flexibility index (Phi) is 5.31. The second-order valence-electron chi connectivity index (χ2n) is 5.16. The van der Waals surface area contributed by atoms with Crippen molar-refractivity contribution in [3.05, 3.63) is 65.0 Å². The number of hydrogen-bond acceptors (Lipinski definition) is 2. The van der Waals surface area contributed by atoms with Crippen LogP contribution in [0.5, 0.6) is 0 Å². The summed E-state index contributed by atoms with van der Waals surface area (Å²) >= 11 is 0. The lowest BCUT2D eigenvalue weighted by Crippen LogP contribution is -2.23. The number of rotatable bonds is 6. The molecule has 0 radical (unpaired) electrons. The van der Waals surface area contributed by atoms with E-state index < -0.39 is 0 Å². The lowest BCUT2D eigenvalue weighted by Gasteiger charge is -2.20. The van der Waals surface area contributed by atoms with E-state index in [0.717, 1.165) is 18.7 Å². The van der Waals surface area contributed by atoms with Crippen molar-refractivity contribution >= 4 is 0 Å². The second-order valence-corrected chi connectivity index (χ2v) is 5.16. The van der Waals surface area contributed by atoms with Crippen molar-refractivity contribution in [3.8, 4) is 0 Å². The molecule has 1 atom stereocenters. The van der Waals surface area contributed by atoms with Gasteiger partial charge in [0.15, 0.2) is 0 Å². The van der Waals surface area contributed by atoms with Crippen LogP contribution in [0.1, 0.15) is 48.7 Å². The Labute approximate surface area is 122 Å². The number of aromatic nitrogens is 1. The normalized spacial score (nSPS) is 12.3. The summed E-state index contributed by atoms with van der Waals surface area (Å²) in [5.41, 5.74) is 5.07. The van der Waals surface area contributed by atoms with Crippen LogP contribution in [-0.4, -0.2) is 11.5 Å². The number of nitrogens with zero attached hydrogens (tertiary/aromatic N) is 1. The fourth-order valence-electron chi connectivity index (χ4n) is 2.58. The van der Waals surface area contributed by atoms with E-state index in [0.29, 0.717) is 0 Å². The molecule has 1 unspecified atom stereocenters. The highest BCUT2D eigenvalue weighted by Crippen LogP contribution is 2.24. The third-order valence-electron chi connectivity index (χ3n) is 3.62. The molecule has 1 aromatic carbocycles. The molecule has 0 aliphatic heterocycles. The molecule has 2 nitrogen and oxygen atoms in total. The highest BCUT2D eigenvalue weighted by Gasteiger charge is 2.15. The van der Waals surface area contributed by atoms with Crippen molar-refractivity contribution in [2.24, 2.45) is 0 Å². The van der Waals surface area contributed by atoms with E-state index in [9.17, 15) is 0 Å². The van der Waals surface area contributed by atoms with E-state index in [1.54, 1.807) is 0 Å². The smallest absolute Gasteiger partial charge is 0.0594 e. The molecule has 1 heterocycles. The van der Waals surface area contributed by atoms with Crippen molar-refractivity contribution in [2.45, 2.75) is 39.7 Å². The first kappa shape index (κ1) is 14.7. The van der Waals surface area contributed by atoms with Gasteiger partial charge in [0.05, 0.1) is 6.04 Å². The summed E-state index contributed by atoms with van der Waals surface area (Å²) in [6, 6.07) is 13.4. The zero-order valence-electron chi connectivity index (χ0n) is 12.7. The molecule has 1 N–H and O–H groups in total. The standard InChI is InChI=1S/C18H24N2/c1-4-7-15-9-11-16(12-10-15)18(19-5-2)17-8-6-13-20-14(17)3/h6,8-13,18-19H,4-5,7H2,1-3H3. The highest BCUT2D eigenvalue weighted by atomic mass is 14.9. The minimum Gasteiger partial charge on any atom is -0.306 e. The zero-order valence-corrected chi connectivity index (χ0v) is 12.7. The van der Waals surface area contributed by atoms with Crippen LogP contribution < -0.4 is 5.32 Å². The lowest BCUT2D eigenvalue weighted by molar-refractivity contribution is 0.624. The zero-order chi connectivity index (χ0) is 14.4. The maximum absolute atomic E-state index is 4.41. The molecule has 0 spiro atoms. The van der Waals surface area contributed by atoms with Gasteiger partial charge >= 0.3 is 0 Å². The van der Waals surface area contributed by atoms with E-state index in [2.05, 4.69) is 61.4 Å². The fraction of sp³-hybridized carbons (Fsp3) is 0.389. The molecular formula is C18H24N2. The summed E-state index contributed by atoms with van der Waals surface area (Å²) in [5.74, 6) is 0. The molecule has 0 saturated carbocycles. The van der Waals surface area contributed by atoms with Gasteiger partial charge in [-0.05, 0) is 42.6 Å². The van der Waals surface area contributed by atoms with Gasteiger partial charge in [0.25, 0.3) is 0 Å². The number of benzene rings is 1. The van der Waals surface area contributed by atoms with E-state index >= 15 is 0 Å². The third-order valence-corrected chi connectivity index (χ3v) is 3.62. The Morgan fingerprint density at radius 1 is 1.10 bits per heavy atom. The molecule has 20 heavy (non-hydrogen) atoms. The number of aryl methyl sites for hydroxylation is 2. The average molecular weight is 268 g/mol. The van der Waals surface area contributed by atoms with Crippen LogP contribution in [0, 0.1) is 6.92 Å². The van der Waals surface area contributed by atoms with Crippen LogP contribution in [0.3, 0.4) is 0 Å². The van der Waals surface area contributed by atoms with Gasteiger partial charge in [-0.2, -0.15) is 0 Å². The molecule has 0 amide bonds. The predicted octanol–water partition coefficient (Wildman–Crippen LogP) is 4.04. The van der Waals surface area contributed by atoms with Crippen LogP contribution >= 0.6 is 0 Å². The molecule has 0 bridgehead atoms. The molecule has 2 heteroatoms. The predicted molar refractivity (Wildman–Crippen MR) is 84.9 cm³/mol. The van der Waals surface area contributed by atoms with Gasteiger partial charge in [-0.15, -0.1) is 0 Å². The number of pyridine rings is 1. The monoisotopic (exact) mass is 268 g/mol. The quantitative estimate of drug-likeness (QED) is 0.855. The topological polar surface area (TPSA) is 24.9 Å². The Morgan fingerprint density at radius 3 is 2.45 bits per heavy atom. The minimum atomic E-state index is 0.226. The first-order chi connectivity index (χ1) is 9.76. The molecule has 1 aromatic heterocycles. The largest absolute Gasteiger partial charge is 0.306 e. The van der Waals surface area contributed by atoms with Crippen LogP contribution in [-0.2, 0) is 6.42 Å². The van der Waals surface area contributed by atoms with Crippen LogP contribution in [0.4, 0.5) is 0 Å². The van der Waals surface area contributed by atoms with E-state index in [1.807, 2.05) is 12.3 Å². The van der Waals surface area contributed by atoms with E-state index in [-0.39, 0.29) is 6.04 Å². The van der Waals surface area contributed by atoms with E-state index in [1.165, 1.54) is 23.1 Å². The van der Waals surface area contributed by atoms with Crippen LogP contribution in [0.25, 0.3) is 0 Å². The summed E-state index contributed by atoms with van der Waals surface area (Å²) in [7, 11) is 0. The van der Waals surface area contributed by atoms with Gasteiger partial charge in [-0.25, -0.2) is 0 Å². The van der Waals surface area contributed by atoms with Gasteiger partial charge in [-0.3, -0.25) is 4.98 Å². The molecule has 0 fully saturated rings. The van der Waals surface area contributed by atoms with E-state index in [4.69, 9.17) is 0 Å². The van der Waals surface area contributed by atoms with Crippen LogP contribution in [0.15, 0.2) is 42.6 Å². The van der Waals surface area contributed by atoms with Crippen molar-refractivity contribution in [1.82, 2.24) is 10.3 Å². The highest BCUT2D eigenvalue weighted by molar-refractivity contribution is 5.35. The first-order valence-corrected chi connectivity index (χ1v) is 7.50. The van der Waals surface area contributed by atoms with Gasteiger partial charge in [0.1, 0.15) is 0 Å². The maximum Gasteiger partial charge on any atom is 0.0594 e. The summed E-state index contributed by atoms with van der Waals surface area (Å²) < 4.78 is 0. The average Bonchev–Trinajstić information content (AvgIpc) is 2.47. The first-order valence-electron chi connectivity index (χ1n) is 7.50. The maximum atomic E-state index is 4.41. The Balaban J connectivity index is 2.31. The third kappa shape index (κ3) is 3.45. The summed E-state index contributed by atoms with van der Waals surface area (Å²) in [4.78, 5) is 4.41. The van der Waals surface area contributed by atoms with Crippen molar-refractivity contribution in [1.29, 1.82) is 0 Å². The summed E-state index contributed by atoms with van der Waals surface area (Å²) in [6.45, 7) is 7.37. The second kappa shape index (κ2) is 7.20. The molecule has 2 rings (SSSR count). The van der Waals surface area contributed by atoms with Crippen molar-refractivity contribution in [3.63, 3.8) is 0 Å². The summed E-state index contributed by atoms with van der Waals surface area (Å²) in [6.07, 6.45) is 4.20. The Bertz CT molecular complexity index is 531. The fourth-order valence-corrected chi connectivity index (χ4v) is 2.58. The number of hydrogen-bond donors (Lipinski definition) is 1. The van der Waals surface area contributed by atoms with Crippen molar-refractivity contribution < 1.29 is 0 Å². The minimum absolute atomic E-state index is 0.226. The Morgan fingerprint density at radius 2 is 1.85 bits per heavy atom.